The van der Waals surface area contributed by atoms with Crippen molar-refractivity contribution >= 4 is 11.8 Å². The molecule has 0 aliphatic heterocycles. The van der Waals surface area contributed by atoms with E-state index in [1.807, 2.05) is 0 Å². The number of thioether (sulfide) groups is 1. The summed E-state index contributed by atoms with van der Waals surface area (Å²) in [6.45, 7) is 10.7. The van der Waals surface area contributed by atoms with Gasteiger partial charge in [0, 0.05) is 11.4 Å². The molecular weight excluding hydrogens is 242 g/mol. The second-order valence-corrected chi connectivity index (χ2v) is 5.94. The molecule has 0 bridgehead atoms. The number of aryl methyl sites for hydroxylation is 2. The summed E-state index contributed by atoms with van der Waals surface area (Å²) >= 11 is 1.77. The van der Waals surface area contributed by atoms with Crippen LogP contribution in [0.4, 0.5) is 0 Å². The van der Waals surface area contributed by atoms with E-state index in [4.69, 9.17) is 0 Å². The van der Waals surface area contributed by atoms with Crippen LogP contribution in [0.25, 0.3) is 0 Å². The van der Waals surface area contributed by atoms with Crippen molar-refractivity contribution in [3.05, 3.63) is 22.8 Å². The van der Waals surface area contributed by atoms with Gasteiger partial charge >= 0.3 is 0 Å². The molecule has 0 fully saturated rings. The van der Waals surface area contributed by atoms with Crippen molar-refractivity contribution in [3.63, 3.8) is 0 Å². The molecule has 1 aromatic rings. The molecule has 0 unspecified atom stereocenters. The van der Waals surface area contributed by atoms with Gasteiger partial charge in [-0.05, 0) is 51.1 Å². The van der Waals surface area contributed by atoms with E-state index in [0.29, 0.717) is 5.92 Å². The average molecular weight is 267 g/mol. The minimum absolute atomic E-state index is 0.701. The Kier molecular flexibility index (Phi) is 6.65. The van der Waals surface area contributed by atoms with Gasteiger partial charge < -0.3 is 5.32 Å². The summed E-state index contributed by atoms with van der Waals surface area (Å²) in [4.78, 5) is 9.16. The van der Waals surface area contributed by atoms with Gasteiger partial charge in [0.1, 0.15) is 5.82 Å². The molecule has 102 valence electrons. The van der Waals surface area contributed by atoms with E-state index >= 15 is 0 Å². The second kappa shape index (κ2) is 7.74. The van der Waals surface area contributed by atoms with Gasteiger partial charge in [-0.15, -0.1) is 0 Å². The van der Waals surface area contributed by atoms with E-state index in [-0.39, 0.29) is 0 Å². The Morgan fingerprint density at radius 3 is 2.28 bits per heavy atom. The summed E-state index contributed by atoms with van der Waals surface area (Å²) in [6.07, 6.45) is 3.10. The van der Waals surface area contributed by atoms with Crippen LogP contribution < -0.4 is 5.32 Å². The lowest BCUT2D eigenvalue weighted by Crippen LogP contribution is -2.23. The summed E-state index contributed by atoms with van der Waals surface area (Å²) in [6, 6.07) is 0. The summed E-state index contributed by atoms with van der Waals surface area (Å²) in [5, 5.41) is 3.47. The molecule has 1 N–H and O–H groups in total. The second-order valence-electron chi connectivity index (χ2n) is 5.07. The Labute approximate surface area is 115 Å². The lowest BCUT2D eigenvalue weighted by Gasteiger charge is -2.12. The predicted octanol–water partition coefficient (Wildman–Crippen LogP) is 2.74. The maximum atomic E-state index is 4.58. The van der Waals surface area contributed by atoms with Gasteiger partial charge in [0.05, 0.1) is 5.75 Å². The highest BCUT2D eigenvalue weighted by molar-refractivity contribution is 7.97. The molecule has 3 nitrogen and oxygen atoms in total. The number of hydrogen-bond donors (Lipinski definition) is 1. The maximum absolute atomic E-state index is 4.58. The molecule has 0 amide bonds. The third-order valence-corrected chi connectivity index (χ3v) is 3.39. The van der Waals surface area contributed by atoms with E-state index < -0.39 is 0 Å². The van der Waals surface area contributed by atoms with E-state index in [1.54, 1.807) is 11.8 Å². The first-order valence-corrected chi connectivity index (χ1v) is 7.96. The van der Waals surface area contributed by atoms with Crippen molar-refractivity contribution in [2.45, 2.75) is 39.9 Å². The van der Waals surface area contributed by atoms with Crippen LogP contribution in [-0.2, 0) is 12.2 Å². The topological polar surface area (TPSA) is 37.8 Å². The van der Waals surface area contributed by atoms with Crippen molar-refractivity contribution in [1.29, 1.82) is 0 Å². The van der Waals surface area contributed by atoms with Crippen LogP contribution in [0, 0.1) is 19.8 Å². The Morgan fingerprint density at radius 1 is 1.17 bits per heavy atom. The number of aromatic nitrogens is 2. The molecule has 18 heavy (non-hydrogen) atoms. The first kappa shape index (κ1) is 15.4. The average Bonchev–Trinajstić information content (AvgIpc) is 2.27. The summed E-state index contributed by atoms with van der Waals surface area (Å²) in [5.74, 6) is 2.55. The zero-order valence-corrected chi connectivity index (χ0v) is 13.0. The van der Waals surface area contributed by atoms with Gasteiger partial charge in [-0.25, -0.2) is 9.97 Å². The molecule has 0 aliphatic carbocycles. The van der Waals surface area contributed by atoms with Gasteiger partial charge in [-0.2, -0.15) is 11.8 Å². The maximum Gasteiger partial charge on any atom is 0.138 e. The van der Waals surface area contributed by atoms with Crippen molar-refractivity contribution in [3.8, 4) is 0 Å². The van der Waals surface area contributed by atoms with Crippen molar-refractivity contribution in [2.75, 3.05) is 19.3 Å². The standard InChI is InChI=1S/C14H25N3S/c1-10(2)8-15-7-6-13-11(3)16-14(9-18-5)17-12(13)4/h10,15H,6-9H2,1-5H3. The fourth-order valence-corrected chi connectivity index (χ4v) is 2.36. The van der Waals surface area contributed by atoms with Gasteiger partial charge in [0.15, 0.2) is 0 Å². The third kappa shape index (κ3) is 4.94. The monoisotopic (exact) mass is 267 g/mol. The normalized spacial score (nSPS) is 11.2. The molecule has 0 aromatic carbocycles. The molecule has 1 heterocycles. The van der Waals surface area contributed by atoms with Gasteiger partial charge in [0.2, 0.25) is 0 Å². The number of nitrogens with one attached hydrogen (secondary N) is 1. The van der Waals surface area contributed by atoms with Crippen molar-refractivity contribution in [1.82, 2.24) is 15.3 Å². The fourth-order valence-electron chi connectivity index (χ4n) is 1.97. The fraction of sp³-hybridized carbons (Fsp3) is 0.714. The lowest BCUT2D eigenvalue weighted by molar-refractivity contribution is 0.553. The molecule has 0 saturated carbocycles. The minimum atomic E-state index is 0.701. The van der Waals surface area contributed by atoms with Crippen LogP contribution in [0.5, 0.6) is 0 Å². The molecule has 0 spiro atoms. The van der Waals surface area contributed by atoms with E-state index in [9.17, 15) is 0 Å². The smallest absolute Gasteiger partial charge is 0.138 e. The van der Waals surface area contributed by atoms with Gasteiger partial charge in [-0.1, -0.05) is 13.8 Å². The first-order chi connectivity index (χ1) is 8.54. The zero-order chi connectivity index (χ0) is 13.5. The predicted molar refractivity (Wildman–Crippen MR) is 80.1 cm³/mol. The van der Waals surface area contributed by atoms with Crippen LogP contribution in [0.2, 0.25) is 0 Å². The van der Waals surface area contributed by atoms with E-state index in [0.717, 1.165) is 42.5 Å². The van der Waals surface area contributed by atoms with Gasteiger partial charge in [0.25, 0.3) is 0 Å². The zero-order valence-electron chi connectivity index (χ0n) is 12.2. The molecule has 4 heteroatoms. The highest BCUT2D eigenvalue weighted by Crippen LogP contribution is 2.13. The number of rotatable bonds is 7. The van der Waals surface area contributed by atoms with Crippen LogP contribution >= 0.6 is 11.8 Å². The molecule has 1 aromatic heterocycles. The van der Waals surface area contributed by atoms with Crippen LogP contribution in [-0.4, -0.2) is 29.3 Å². The molecule has 0 radical (unpaired) electrons. The highest BCUT2D eigenvalue weighted by Gasteiger charge is 2.08. The van der Waals surface area contributed by atoms with Crippen LogP contribution in [0.3, 0.4) is 0 Å². The molecule has 0 aliphatic rings. The number of hydrogen-bond acceptors (Lipinski definition) is 4. The van der Waals surface area contributed by atoms with Gasteiger partial charge in [-0.3, -0.25) is 0 Å². The van der Waals surface area contributed by atoms with E-state index in [1.165, 1.54) is 5.56 Å². The number of nitrogens with zero attached hydrogens (tertiary/aromatic N) is 2. The SMILES string of the molecule is CSCc1nc(C)c(CCNCC(C)C)c(C)n1. The highest BCUT2D eigenvalue weighted by atomic mass is 32.2. The summed E-state index contributed by atoms with van der Waals surface area (Å²) in [5.41, 5.74) is 3.58. The Hall–Kier alpha value is -0.610. The third-order valence-electron chi connectivity index (χ3n) is 2.84. The van der Waals surface area contributed by atoms with Crippen molar-refractivity contribution in [2.24, 2.45) is 5.92 Å². The largest absolute Gasteiger partial charge is 0.316 e. The quantitative estimate of drug-likeness (QED) is 0.771. The minimum Gasteiger partial charge on any atom is -0.316 e. The molecular formula is C14H25N3S. The molecule has 0 saturated heterocycles. The lowest BCUT2D eigenvalue weighted by atomic mass is 10.1. The summed E-state index contributed by atoms with van der Waals surface area (Å²) < 4.78 is 0. The Morgan fingerprint density at radius 2 is 1.78 bits per heavy atom. The van der Waals surface area contributed by atoms with Crippen LogP contribution in [0.15, 0.2) is 0 Å². The first-order valence-electron chi connectivity index (χ1n) is 6.57. The Balaban J connectivity index is 2.60. The van der Waals surface area contributed by atoms with Crippen LogP contribution in [0.1, 0.15) is 36.6 Å². The molecule has 1 rings (SSSR count). The summed E-state index contributed by atoms with van der Waals surface area (Å²) in [7, 11) is 0. The van der Waals surface area contributed by atoms with Crippen molar-refractivity contribution < 1.29 is 0 Å². The Bertz CT molecular complexity index is 354. The van der Waals surface area contributed by atoms with E-state index in [2.05, 4.69) is 49.2 Å². The molecule has 0 atom stereocenters.